The minimum absolute atomic E-state index is 0.221. The predicted octanol–water partition coefficient (Wildman–Crippen LogP) is 3.77. The highest BCUT2D eigenvalue weighted by atomic mass is 35.5. The lowest BCUT2D eigenvalue weighted by Gasteiger charge is -2.41. The Morgan fingerprint density at radius 2 is 2.05 bits per heavy atom. The lowest BCUT2D eigenvalue weighted by atomic mass is 9.64. The smallest absolute Gasteiger partial charge is 0.306 e. The summed E-state index contributed by atoms with van der Waals surface area (Å²) in [7, 11) is 0. The molecule has 3 N–H and O–H groups in total. The Hall–Kier alpha value is -1.22. The normalized spacial score (nSPS) is 25.4. The average molecular weight is 282 g/mol. The van der Waals surface area contributed by atoms with Gasteiger partial charge in [-0.3, -0.25) is 4.79 Å². The zero-order chi connectivity index (χ0) is 14.2. The molecule has 1 aromatic rings. The molecule has 2 atom stereocenters. The summed E-state index contributed by atoms with van der Waals surface area (Å²) in [6.45, 7) is 3.83. The highest BCUT2D eigenvalue weighted by molar-refractivity contribution is 6.33. The third-order valence-electron chi connectivity index (χ3n) is 4.59. The number of carboxylic acid groups (broad SMARTS) is 1. The number of nitrogen functional groups attached to an aromatic ring is 1. The molecular formula is C15H20ClNO2. The largest absolute Gasteiger partial charge is 0.481 e. The molecule has 0 radical (unpaired) electrons. The maximum Gasteiger partial charge on any atom is 0.306 e. The van der Waals surface area contributed by atoms with Gasteiger partial charge < -0.3 is 10.8 Å². The molecule has 4 heteroatoms. The standard InChI is InChI=1S/C15H20ClNO2/c1-8(9(2)15(18)19)11-5-12(6-11)10-3-4-13(16)14(17)7-10/h3-4,7-9,11-12H,5-6,17H2,1-2H3,(H,18,19). The molecule has 0 heterocycles. The van der Waals surface area contributed by atoms with E-state index in [2.05, 4.69) is 0 Å². The van der Waals surface area contributed by atoms with Crippen LogP contribution in [0.4, 0.5) is 5.69 Å². The molecule has 1 aromatic carbocycles. The van der Waals surface area contributed by atoms with Gasteiger partial charge in [0.25, 0.3) is 0 Å². The first kappa shape index (κ1) is 14.2. The molecule has 0 saturated heterocycles. The monoisotopic (exact) mass is 281 g/mol. The van der Waals surface area contributed by atoms with Gasteiger partial charge in [-0.25, -0.2) is 0 Å². The molecule has 3 nitrogen and oxygen atoms in total. The van der Waals surface area contributed by atoms with Crippen molar-refractivity contribution in [3.63, 3.8) is 0 Å². The van der Waals surface area contributed by atoms with Gasteiger partial charge in [0.05, 0.1) is 16.6 Å². The van der Waals surface area contributed by atoms with Crippen molar-refractivity contribution in [1.82, 2.24) is 0 Å². The van der Waals surface area contributed by atoms with Gasteiger partial charge in [0.2, 0.25) is 0 Å². The number of aliphatic carboxylic acids is 1. The molecule has 0 amide bonds. The summed E-state index contributed by atoms with van der Waals surface area (Å²) in [5, 5.41) is 9.63. The number of nitrogens with two attached hydrogens (primary N) is 1. The van der Waals surface area contributed by atoms with E-state index in [0.29, 0.717) is 22.5 Å². The Bertz CT molecular complexity index is 483. The zero-order valence-corrected chi connectivity index (χ0v) is 12.0. The van der Waals surface area contributed by atoms with E-state index in [0.717, 1.165) is 12.8 Å². The SMILES string of the molecule is CC(C(=O)O)C(C)C1CC(c2ccc(Cl)c(N)c2)C1. The fraction of sp³-hybridized carbons (Fsp3) is 0.533. The van der Waals surface area contributed by atoms with Crippen LogP contribution in [0.1, 0.15) is 38.2 Å². The fourth-order valence-electron chi connectivity index (χ4n) is 2.81. The maximum atomic E-state index is 11.0. The number of carboxylic acids is 1. The quantitative estimate of drug-likeness (QED) is 0.826. The maximum absolute atomic E-state index is 11.0. The number of hydrogen-bond donors (Lipinski definition) is 2. The van der Waals surface area contributed by atoms with Crippen LogP contribution in [0.25, 0.3) is 0 Å². The van der Waals surface area contributed by atoms with Gasteiger partial charge in [-0.05, 0) is 48.3 Å². The van der Waals surface area contributed by atoms with Crippen LogP contribution in [0.2, 0.25) is 5.02 Å². The number of carbonyl (C=O) groups is 1. The van der Waals surface area contributed by atoms with E-state index in [9.17, 15) is 4.79 Å². The van der Waals surface area contributed by atoms with Crippen molar-refractivity contribution in [2.75, 3.05) is 5.73 Å². The van der Waals surface area contributed by atoms with Crippen molar-refractivity contribution >= 4 is 23.3 Å². The van der Waals surface area contributed by atoms with Gasteiger partial charge in [-0.2, -0.15) is 0 Å². The van der Waals surface area contributed by atoms with E-state index in [1.807, 2.05) is 25.1 Å². The highest BCUT2D eigenvalue weighted by Crippen LogP contribution is 2.47. The second-order valence-corrected chi connectivity index (χ2v) is 6.10. The van der Waals surface area contributed by atoms with Gasteiger partial charge in [-0.1, -0.05) is 31.5 Å². The van der Waals surface area contributed by atoms with Crippen LogP contribution in [0.3, 0.4) is 0 Å². The fourth-order valence-corrected chi connectivity index (χ4v) is 2.93. The van der Waals surface area contributed by atoms with E-state index in [1.165, 1.54) is 5.56 Å². The first-order chi connectivity index (χ1) is 8.90. The van der Waals surface area contributed by atoms with Crippen LogP contribution in [0.5, 0.6) is 0 Å². The third kappa shape index (κ3) is 2.86. The van der Waals surface area contributed by atoms with Crippen LogP contribution in [0, 0.1) is 17.8 Å². The van der Waals surface area contributed by atoms with Crippen LogP contribution in [-0.2, 0) is 4.79 Å². The Labute approximate surface area is 118 Å². The molecule has 0 bridgehead atoms. The minimum Gasteiger partial charge on any atom is -0.481 e. The van der Waals surface area contributed by atoms with Gasteiger partial charge in [0.15, 0.2) is 0 Å². The Balaban J connectivity index is 1.95. The molecule has 2 rings (SSSR count). The van der Waals surface area contributed by atoms with Gasteiger partial charge >= 0.3 is 5.97 Å². The molecule has 1 fully saturated rings. The van der Waals surface area contributed by atoms with Crippen molar-refractivity contribution in [2.24, 2.45) is 17.8 Å². The second kappa shape index (κ2) is 5.41. The van der Waals surface area contributed by atoms with Crippen molar-refractivity contribution < 1.29 is 9.90 Å². The molecular weight excluding hydrogens is 262 g/mol. The van der Waals surface area contributed by atoms with E-state index >= 15 is 0 Å². The van der Waals surface area contributed by atoms with E-state index < -0.39 is 5.97 Å². The lowest BCUT2D eigenvalue weighted by Crippen LogP contribution is -2.33. The van der Waals surface area contributed by atoms with E-state index in [4.69, 9.17) is 22.4 Å². The first-order valence-corrected chi connectivity index (χ1v) is 7.05. The summed E-state index contributed by atoms with van der Waals surface area (Å²) >= 11 is 5.91. The molecule has 104 valence electrons. The highest BCUT2D eigenvalue weighted by Gasteiger charge is 2.37. The molecule has 1 aliphatic carbocycles. The molecule has 0 aliphatic heterocycles. The number of anilines is 1. The molecule has 1 aliphatic rings. The summed E-state index contributed by atoms with van der Waals surface area (Å²) < 4.78 is 0. The summed E-state index contributed by atoms with van der Waals surface area (Å²) in [5.41, 5.74) is 7.65. The van der Waals surface area contributed by atoms with Crippen LogP contribution in [0.15, 0.2) is 18.2 Å². The number of benzene rings is 1. The minimum atomic E-state index is -0.702. The summed E-state index contributed by atoms with van der Waals surface area (Å²) in [6, 6.07) is 5.79. The van der Waals surface area contributed by atoms with Gasteiger partial charge in [0.1, 0.15) is 0 Å². The van der Waals surface area contributed by atoms with Crippen molar-refractivity contribution in [1.29, 1.82) is 0 Å². The predicted molar refractivity (Wildman–Crippen MR) is 77.3 cm³/mol. The van der Waals surface area contributed by atoms with Crippen LogP contribution >= 0.6 is 11.6 Å². The summed E-state index contributed by atoms with van der Waals surface area (Å²) in [6.07, 6.45) is 2.08. The van der Waals surface area contributed by atoms with Gasteiger partial charge in [-0.15, -0.1) is 0 Å². The van der Waals surface area contributed by atoms with E-state index in [1.54, 1.807) is 6.92 Å². The van der Waals surface area contributed by atoms with Gasteiger partial charge in [0, 0.05) is 0 Å². The molecule has 0 aromatic heterocycles. The molecule has 0 spiro atoms. The average Bonchev–Trinajstić information content (AvgIpc) is 2.30. The number of hydrogen-bond acceptors (Lipinski definition) is 2. The van der Waals surface area contributed by atoms with Crippen molar-refractivity contribution in [2.45, 2.75) is 32.6 Å². The van der Waals surface area contributed by atoms with Crippen molar-refractivity contribution in [3.05, 3.63) is 28.8 Å². The first-order valence-electron chi connectivity index (χ1n) is 6.68. The van der Waals surface area contributed by atoms with E-state index in [-0.39, 0.29) is 11.8 Å². The zero-order valence-electron chi connectivity index (χ0n) is 11.3. The Kier molecular flexibility index (Phi) is 4.04. The summed E-state index contributed by atoms with van der Waals surface area (Å²) in [5.74, 6) is 0.229. The number of rotatable bonds is 4. The second-order valence-electron chi connectivity index (χ2n) is 5.70. The summed E-state index contributed by atoms with van der Waals surface area (Å²) in [4.78, 5) is 11.0. The third-order valence-corrected chi connectivity index (χ3v) is 4.93. The lowest BCUT2D eigenvalue weighted by molar-refractivity contribution is -0.144. The van der Waals surface area contributed by atoms with Crippen LogP contribution in [-0.4, -0.2) is 11.1 Å². The Morgan fingerprint density at radius 1 is 1.42 bits per heavy atom. The van der Waals surface area contributed by atoms with Crippen LogP contribution < -0.4 is 5.73 Å². The molecule has 1 saturated carbocycles. The topological polar surface area (TPSA) is 63.3 Å². The number of halogens is 1. The Morgan fingerprint density at radius 3 is 2.58 bits per heavy atom. The molecule has 19 heavy (non-hydrogen) atoms. The molecule has 2 unspecified atom stereocenters. The van der Waals surface area contributed by atoms with Crippen molar-refractivity contribution in [3.8, 4) is 0 Å².